The molecule has 3 rings (SSSR count). The van der Waals surface area contributed by atoms with Crippen molar-refractivity contribution >= 4 is 17.0 Å². The summed E-state index contributed by atoms with van der Waals surface area (Å²) < 4.78 is 0. The van der Waals surface area contributed by atoms with Crippen LogP contribution in [0.4, 0.5) is 5.95 Å². The fourth-order valence-corrected chi connectivity index (χ4v) is 2.45. The molecule has 2 unspecified atom stereocenters. The van der Waals surface area contributed by atoms with Crippen molar-refractivity contribution in [3.8, 4) is 0 Å². The Hall–Kier alpha value is -1.85. The van der Waals surface area contributed by atoms with E-state index in [2.05, 4.69) is 32.4 Å². The maximum Gasteiger partial charge on any atom is 0.263 e. The zero-order chi connectivity index (χ0) is 11.8. The second kappa shape index (κ2) is 3.87. The average Bonchev–Trinajstić information content (AvgIpc) is 2.87. The van der Waals surface area contributed by atoms with E-state index in [9.17, 15) is 4.79 Å². The summed E-state index contributed by atoms with van der Waals surface area (Å²) in [5, 5.41) is 10.3. The molecule has 0 spiro atoms. The summed E-state index contributed by atoms with van der Waals surface area (Å²) in [6.07, 6.45) is 4.98. The van der Waals surface area contributed by atoms with Crippen LogP contribution in [0.1, 0.15) is 26.2 Å². The van der Waals surface area contributed by atoms with Crippen LogP contribution in [0.25, 0.3) is 11.0 Å². The van der Waals surface area contributed by atoms with Crippen LogP contribution in [0.3, 0.4) is 0 Å². The Morgan fingerprint density at radius 3 is 3.12 bits per heavy atom. The molecular weight excluding hydrogens is 218 g/mol. The molecule has 1 fully saturated rings. The lowest BCUT2D eigenvalue weighted by Gasteiger charge is -2.12. The lowest BCUT2D eigenvalue weighted by Crippen LogP contribution is -2.20. The number of H-pyrrole nitrogens is 2. The molecule has 2 atom stereocenters. The van der Waals surface area contributed by atoms with Crippen molar-refractivity contribution in [3.63, 3.8) is 0 Å². The van der Waals surface area contributed by atoms with Crippen LogP contribution >= 0.6 is 0 Å². The van der Waals surface area contributed by atoms with Gasteiger partial charge >= 0.3 is 0 Å². The third-order valence-electron chi connectivity index (χ3n) is 3.36. The topological polar surface area (TPSA) is 86.5 Å². The van der Waals surface area contributed by atoms with Crippen LogP contribution in [0.15, 0.2) is 11.0 Å². The van der Waals surface area contributed by atoms with Gasteiger partial charge in [-0.1, -0.05) is 6.92 Å². The van der Waals surface area contributed by atoms with E-state index in [1.807, 2.05) is 0 Å². The molecule has 3 N–H and O–H groups in total. The third-order valence-corrected chi connectivity index (χ3v) is 3.36. The van der Waals surface area contributed by atoms with Gasteiger partial charge < -0.3 is 5.32 Å². The predicted molar refractivity (Wildman–Crippen MR) is 64.9 cm³/mol. The van der Waals surface area contributed by atoms with Crippen molar-refractivity contribution < 1.29 is 0 Å². The molecule has 2 heterocycles. The molecule has 17 heavy (non-hydrogen) atoms. The minimum absolute atomic E-state index is 0.155. The fraction of sp³-hybridized carbons (Fsp3) is 0.545. The number of aromatic nitrogens is 4. The van der Waals surface area contributed by atoms with Crippen LogP contribution in [0.5, 0.6) is 0 Å². The van der Waals surface area contributed by atoms with Crippen LogP contribution in [-0.2, 0) is 0 Å². The summed E-state index contributed by atoms with van der Waals surface area (Å²) in [5.74, 6) is 1.28. The van der Waals surface area contributed by atoms with Crippen molar-refractivity contribution in [2.45, 2.75) is 32.2 Å². The minimum atomic E-state index is -0.155. The van der Waals surface area contributed by atoms with Crippen LogP contribution in [0, 0.1) is 5.92 Å². The van der Waals surface area contributed by atoms with E-state index in [1.54, 1.807) is 0 Å². The van der Waals surface area contributed by atoms with E-state index < -0.39 is 0 Å². The summed E-state index contributed by atoms with van der Waals surface area (Å²) in [5.41, 5.74) is 0.375. The molecule has 2 aromatic rings. The van der Waals surface area contributed by atoms with Gasteiger partial charge in [0, 0.05) is 6.04 Å². The fourth-order valence-electron chi connectivity index (χ4n) is 2.45. The molecule has 0 aliphatic heterocycles. The van der Waals surface area contributed by atoms with Gasteiger partial charge in [-0.15, -0.1) is 0 Å². The Labute approximate surface area is 97.8 Å². The van der Waals surface area contributed by atoms with Crippen LogP contribution < -0.4 is 10.9 Å². The first kappa shape index (κ1) is 10.3. The molecule has 1 aliphatic rings. The van der Waals surface area contributed by atoms with Gasteiger partial charge in [-0.25, -0.2) is 0 Å². The van der Waals surface area contributed by atoms with Gasteiger partial charge in [-0.3, -0.25) is 14.9 Å². The Kier molecular flexibility index (Phi) is 2.35. The second-order valence-electron chi connectivity index (χ2n) is 4.81. The summed E-state index contributed by atoms with van der Waals surface area (Å²) >= 11 is 0. The van der Waals surface area contributed by atoms with Crippen molar-refractivity contribution in [1.29, 1.82) is 0 Å². The summed E-state index contributed by atoms with van der Waals surface area (Å²) in [6.45, 7) is 2.25. The zero-order valence-corrected chi connectivity index (χ0v) is 9.66. The van der Waals surface area contributed by atoms with Gasteiger partial charge in [0.2, 0.25) is 5.95 Å². The molecule has 0 radical (unpaired) electrons. The number of hydrogen-bond donors (Lipinski definition) is 3. The first-order valence-corrected chi connectivity index (χ1v) is 5.92. The van der Waals surface area contributed by atoms with E-state index in [0.717, 1.165) is 18.8 Å². The van der Waals surface area contributed by atoms with E-state index >= 15 is 0 Å². The number of nitrogens with zero attached hydrogens (tertiary/aromatic N) is 2. The lowest BCUT2D eigenvalue weighted by atomic mass is 10.1. The standard InChI is InChI=1S/C11H15N5O/c1-6-2-3-7(4-6)13-11-14-9-8(5-12-16-9)10(17)15-11/h5-7H,2-4H2,1H3,(H3,12,13,14,15,16,17). The van der Waals surface area contributed by atoms with Crippen LogP contribution in [-0.4, -0.2) is 26.2 Å². The van der Waals surface area contributed by atoms with Crippen molar-refractivity contribution in [3.05, 3.63) is 16.6 Å². The van der Waals surface area contributed by atoms with Crippen LogP contribution in [0.2, 0.25) is 0 Å². The molecular formula is C11H15N5O. The molecule has 2 aromatic heterocycles. The minimum Gasteiger partial charge on any atom is -0.353 e. The third kappa shape index (κ3) is 1.90. The number of hydrogen-bond acceptors (Lipinski definition) is 4. The highest BCUT2D eigenvalue weighted by atomic mass is 16.1. The number of rotatable bonds is 2. The van der Waals surface area contributed by atoms with Crippen molar-refractivity contribution in [2.75, 3.05) is 5.32 Å². The summed E-state index contributed by atoms with van der Waals surface area (Å²) in [4.78, 5) is 18.7. The SMILES string of the molecule is CC1CCC(Nc2nc3[nH]ncc3c(=O)[nH]2)C1. The predicted octanol–water partition coefficient (Wildman–Crippen LogP) is 1.25. The molecule has 0 bridgehead atoms. The number of fused-ring (bicyclic) bond motifs is 1. The molecule has 1 aliphatic carbocycles. The Morgan fingerprint density at radius 1 is 1.47 bits per heavy atom. The monoisotopic (exact) mass is 233 g/mol. The van der Waals surface area contributed by atoms with Gasteiger partial charge in [0.05, 0.1) is 6.20 Å². The Morgan fingerprint density at radius 2 is 2.35 bits per heavy atom. The smallest absolute Gasteiger partial charge is 0.263 e. The molecule has 6 nitrogen and oxygen atoms in total. The molecule has 90 valence electrons. The number of aromatic amines is 2. The maximum atomic E-state index is 11.7. The maximum absolute atomic E-state index is 11.7. The molecule has 1 saturated carbocycles. The van der Waals surface area contributed by atoms with E-state index in [4.69, 9.17) is 0 Å². The van der Waals surface area contributed by atoms with Gasteiger partial charge in [-0.05, 0) is 25.2 Å². The summed E-state index contributed by atoms with van der Waals surface area (Å²) in [6, 6.07) is 0.411. The normalized spacial score (nSPS) is 24.3. The second-order valence-corrected chi connectivity index (χ2v) is 4.81. The molecule has 0 aromatic carbocycles. The zero-order valence-electron chi connectivity index (χ0n) is 9.66. The average molecular weight is 233 g/mol. The Balaban J connectivity index is 1.88. The number of anilines is 1. The van der Waals surface area contributed by atoms with Gasteiger partial charge in [0.1, 0.15) is 5.39 Å². The van der Waals surface area contributed by atoms with Crippen molar-refractivity contribution in [2.24, 2.45) is 5.92 Å². The molecule has 0 amide bonds. The highest BCUT2D eigenvalue weighted by molar-refractivity contribution is 5.73. The summed E-state index contributed by atoms with van der Waals surface area (Å²) in [7, 11) is 0. The first-order chi connectivity index (χ1) is 8.22. The van der Waals surface area contributed by atoms with E-state index in [1.165, 1.54) is 12.6 Å². The number of nitrogens with one attached hydrogen (secondary N) is 3. The lowest BCUT2D eigenvalue weighted by molar-refractivity contribution is 0.602. The largest absolute Gasteiger partial charge is 0.353 e. The van der Waals surface area contributed by atoms with E-state index in [0.29, 0.717) is 23.0 Å². The van der Waals surface area contributed by atoms with E-state index in [-0.39, 0.29) is 5.56 Å². The van der Waals surface area contributed by atoms with Gasteiger partial charge in [0.15, 0.2) is 5.65 Å². The quantitative estimate of drug-likeness (QED) is 0.728. The van der Waals surface area contributed by atoms with Crippen molar-refractivity contribution in [1.82, 2.24) is 20.2 Å². The van der Waals surface area contributed by atoms with Gasteiger partial charge in [0.25, 0.3) is 5.56 Å². The first-order valence-electron chi connectivity index (χ1n) is 5.92. The highest BCUT2D eigenvalue weighted by Crippen LogP contribution is 2.26. The molecule has 6 heteroatoms. The Bertz CT molecular complexity index is 587. The highest BCUT2D eigenvalue weighted by Gasteiger charge is 2.21. The van der Waals surface area contributed by atoms with Gasteiger partial charge in [-0.2, -0.15) is 10.1 Å². The molecule has 0 saturated heterocycles.